The minimum Gasteiger partial charge on any atom is -0.500 e. The molecular formula is C25H27NO. The van der Waals surface area contributed by atoms with Gasteiger partial charge in [0.25, 0.3) is 0 Å². The molecule has 0 radical (unpaired) electrons. The number of hydrogen-bond acceptors (Lipinski definition) is 2. The number of methoxy groups -OCH3 is 1. The van der Waals surface area contributed by atoms with Crippen LogP contribution in [0.2, 0.25) is 0 Å². The summed E-state index contributed by atoms with van der Waals surface area (Å²) in [4.78, 5) is 4.82. The van der Waals surface area contributed by atoms with Gasteiger partial charge in [0.15, 0.2) is 0 Å². The Morgan fingerprint density at radius 1 is 1.11 bits per heavy atom. The van der Waals surface area contributed by atoms with E-state index in [4.69, 9.17) is 9.73 Å². The van der Waals surface area contributed by atoms with Gasteiger partial charge in [-0.2, -0.15) is 0 Å². The van der Waals surface area contributed by atoms with Gasteiger partial charge in [0.1, 0.15) is 5.76 Å². The molecule has 0 fully saturated rings. The van der Waals surface area contributed by atoms with Crippen molar-refractivity contribution in [3.63, 3.8) is 0 Å². The highest BCUT2D eigenvalue weighted by Crippen LogP contribution is 2.31. The summed E-state index contributed by atoms with van der Waals surface area (Å²) in [6.45, 7) is 8.48. The van der Waals surface area contributed by atoms with Gasteiger partial charge in [0.2, 0.25) is 0 Å². The predicted octanol–water partition coefficient (Wildman–Crippen LogP) is 6.57. The second-order valence-electron chi connectivity index (χ2n) is 6.74. The Morgan fingerprint density at radius 3 is 2.56 bits per heavy atom. The first-order valence-electron chi connectivity index (χ1n) is 9.51. The van der Waals surface area contributed by atoms with Crippen LogP contribution in [-0.4, -0.2) is 12.8 Å². The lowest BCUT2D eigenvalue weighted by molar-refractivity contribution is 0.279. The van der Waals surface area contributed by atoms with Crippen LogP contribution in [-0.2, 0) is 4.74 Å². The smallest absolute Gasteiger partial charge is 0.104 e. The number of allylic oxidation sites excluding steroid dienone is 4. The fourth-order valence-electron chi connectivity index (χ4n) is 3.45. The third-order valence-corrected chi connectivity index (χ3v) is 4.93. The Kier molecular flexibility index (Phi) is 6.08. The van der Waals surface area contributed by atoms with Crippen molar-refractivity contribution in [3.8, 4) is 0 Å². The molecule has 138 valence electrons. The minimum atomic E-state index is 0.797. The summed E-state index contributed by atoms with van der Waals surface area (Å²) >= 11 is 0. The van der Waals surface area contributed by atoms with Crippen LogP contribution in [0.4, 0.5) is 0 Å². The van der Waals surface area contributed by atoms with Crippen molar-refractivity contribution in [2.24, 2.45) is 4.99 Å². The molecule has 0 aliphatic heterocycles. The fourth-order valence-corrected chi connectivity index (χ4v) is 3.45. The van der Waals surface area contributed by atoms with Gasteiger partial charge in [-0.3, -0.25) is 4.99 Å². The zero-order valence-electron chi connectivity index (χ0n) is 16.5. The molecule has 0 saturated heterocycles. The highest BCUT2D eigenvalue weighted by atomic mass is 16.5. The molecule has 1 aliphatic carbocycles. The Morgan fingerprint density at radius 2 is 1.89 bits per heavy atom. The van der Waals surface area contributed by atoms with Crippen LogP contribution in [0.1, 0.15) is 48.4 Å². The number of ether oxygens (including phenoxy) is 1. The van der Waals surface area contributed by atoms with Crippen LogP contribution in [0.3, 0.4) is 0 Å². The molecule has 0 N–H and O–H groups in total. The average Bonchev–Trinajstić information content (AvgIpc) is 2.72. The van der Waals surface area contributed by atoms with Crippen molar-refractivity contribution >= 4 is 17.0 Å². The van der Waals surface area contributed by atoms with E-state index in [1.165, 1.54) is 16.7 Å². The topological polar surface area (TPSA) is 21.6 Å². The lowest BCUT2D eigenvalue weighted by Gasteiger charge is -2.17. The van der Waals surface area contributed by atoms with Crippen molar-refractivity contribution in [2.75, 3.05) is 7.11 Å². The molecule has 2 nitrogen and oxygen atoms in total. The van der Waals surface area contributed by atoms with E-state index in [2.05, 4.69) is 62.9 Å². The molecule has 0 atom stereocenters. The molecule has 0 saturated carbocycles. The molecule has 2 heteroatoms. The van der Waals surface area contributed by atoms with Crippen molar-refractivity contribution in [1.29, 1.82) is 0 Å². The van der Waals surface area contributed by atoms with Gasteiger partial charge in [-0.15, -0.1) is 0 Å². The van der Waals surface area contributed by atoms with Crippen molar-refractivity contribution in [3.05, 3.63) is 95.3 Å². The quantitative estimate of drug-likeness (QED) is 0.536. The Labute approximate surface area is 162 Å². The van der Waals surface area contributed by atoms with Crippen LogP contribution in [0.25, 0.3) is 11.3 Å². The number of aliphatic imine (C=N–C) groups is 1. The minimum absolute atomic E-state index is 0.797. The summed E-state index contributed by atoms with van der Waals surface area (Å²) in [6, 6.07) is 16.7. The van der Waals surface area contributed by atoms with E-state index in [1.807, 2.05) is 18.2 Å². The van der Waals surface area contributed by atoms with E-state index in [-0.39, 0.29) is 0 Å². The maximum absolute atomic E-state index is 5.60. The molecule has 0 spiro atoms. The summed E-state index contributed by atoms with van der Waals surface area (Å²) in [6.07, 6.45) is 7.24. The number of rotatable bonds is 6. The summed E-state index contributed by atoms with van der Waals surface area (Å²) < 4.78 is 5.60. The third-order valence-electron chi connectivity index (χ3n) is 4.93. The number of nitrogens with zero attached hydrogens (tertiary/aromatic N) is 1. The molecule has 2 aromatic carbocycles. The number of benzene rings is 2. The molecule has 0 heterocycles. The largest absolute Gasteiger partial charge is 0.500 e. The predicted molar refractivity (Wildman–Crippen MR) is 116 cm³/mol. The first-order valence-corrected chi connectivity index (χ1v) is 9.51. The number of hydrogen-bond donors (Lipinski definition) is 0. The Balaban J connectivity index is 1.91. The van der Waals surface area contributed by atoms with Gasteiger partial charge in [0, 0.05) is 17.7 Å². The summed E-state index contributed by atoms with van der Waals surface area (Å²) in [5, 5.41) is 0. The van der Waals surface area contributed by atoms with E-state index in [1.54, 1.807) is 7.11 Å². The Hall–Kier alpha value is -2.87. The monoisotopic (exact) mass is 357 g/mol. The van der Waals surface area contributed by atoms with Crippen molar-refractivity contribution in [1.82, 2.24) is 0 Å². The molecule has 3 rings (SSSR count). The average molecular weight is 357 g/mol. The van der Waals surface area contributed by atoms with E-state index in [9.17, 15) is 0 Å². The first kappa shape index (κ1) is 18.9. The van der Waals surface area contributed by atoms with Gasteiger partial charge < -0.3 is 4.74 Å². The normalized spacial score (nSPS) is 14.4. The Bertz CT molecular complexity index is 917. The lowest BCUT2D eigenvalue weighted by Crippen LogP contribution is -2.00. The molecule has 0 aromatic heterocycles. The van der Waals surface area contributed by atoms with Crippen LogP contribution in [0, 0.1) is 6.92 Å². The van der Waals surface area contributed by atoms with Gasteiger partial charge >= 0.3 is 0 Å². The zero-order chi connectivity index (χ0) is 19.2. The third kappa shape index (κ3) is 4.28. The summed E-state index contributed by atoms with van der Waals surface area (Å²) in [7, 11) is 1.75. The van der Waals surface area contributed by atoms with E-state index in [0.717, 1.165) is 47.6 Å². The second-order valence-corrected chi connectivity index (χ2v) is 6.74. The first-order chi connectivity index (χ1) is 13.1. The van der Waals surface area contributed by atoms with Gasteiger partial charge in [-0.25, -0.2) is 0 Å². The van der Waals surface area contributed by atoms with Gasteiger partial charge in [-0.05, 0) is 48.1 Å². The van der Waals surface area contributed by atoms with E-state index in [0.29, 0.717) is 0 Å². The van der Waals surface area contributed by atoms with Crippen LogP contribution in [0.15, 0.2) is 78.0 Å². The van der Waals surface area contributed by atoms with E-state index >= 15 is 0 Å². The molecule has 1 aliphatic rings. The van der Waals surface area contributed by atoms with Gasteiger partial charge in [0.05, 0.1) is 12.8 Å². The SMILES string of the molecule is C=C(/N=C(\CC)c1ccccc1)c1ccc(C2=C(OC)CCC=C2)c(C)c1. The fraction of sp³-hybridized carbons (Fsp3) is 0.240. The van der Waals surface area contributed by atoms with Crippen LogP contribution in [0.5, 0.6) is 0 Å². The standard InChI is InChI=1S/C25H27NO/c1-5-24(20-11-7-6-8-12-20)26-19(3)21-15-16-22(18(2)17-21)23-13-9-10-14-25(23)27-4/h6-9,11-13,15-17H,3,5,10,14H2,1-2,4H3/b26-24+. The maximum Gasteiger partial charge on any atom is 0.104 e. The van der Waals surface area contributed by atoms with Gasteiger partial charge in [-0.1, -0.05) is 68.1 Å². The molecule has 0 unspecified atom stereocenters. The molecular weight excluding hydrogens is 330 g/mol. The number of aryl methyl sites for hydroxylation is 1. The van der Waals surface area contributed by atoms with Crippen molar-refractivity contribution < 1.29 is 4.74 Å². The molecule has 0 bridgehead atoms. The summed E-state index contributed by atoms with van der Waals surface area (Å²) in [5.74, 6) is 1.06. The zero-order valence-corrected chi connectivity index (χ0v) is 16.5. The lowest BCUT2D eigenvalue weighted by atomic mass is 9.93. The summed E-state index contributed by atoms with van der Waals surface area (Å²) in [5.41, 5.74) is 7.65. The maximum atomic E-state index is 5.60. The van der Waals surface area contributed by atoms with Crippen molar-refractivity contribution in [2.45, 2.75) is 33.1 Å². The van der Waals surface area contributed by atoms with E-state index < -0.39 is 0 Å². The molecule has 0 amide bonds. The molecule has 2 aromatic rings. The van der Waals surface area contributed by atoms with Crippen LogP contribution >= 0.6 is 0 Å². The highest BCUT2D eigenvalue weighted by molar-refractivity contribution is 6.03. The highest BCUT2D eigenvalue weighted by Gasteiger charge is 2.14. The second kappa shape index (κ2) is 8.68. The van der Waals surface area contributed by atoms with Crippen LogP contribution < -0.4 is 0 Å². The molecule has 27 heavy (non-hydrogen) atoms.